The van der Waals surface area contributed by atoms with Crippen LogP contribution >= 0.6 is 11.6 Å². The molecule has 1 unspecified atom stereocenters. The van der Waals surface area contributed by atoms with Crippen LogP contribution < -0.4 is 9.80 Å². The maximum absolute atomic E-state index is 12.2. The van der Waals surface area contributed by atoms with Gasteiger partial charge in [0.1, 0.15) is 11.4 Å². The number of aromatic nitrogens is 1. The lowest BCUT2D eigenvalue weighted by Crippen LogP contribution is -2.50. The minimum atomic E-state index is -0.485. The number of rotatable bonds is 3. The number of halogens is 1. The number of hydrogen-bond acceptors (Lipinski definition) is 5. The van der Waals surface area contributed by atoms with Crippen molar-refractivity contribution in [3.05, 3.63) is 18.3 Å². The normalized spacial score (nSPS) is 21.0. The Morgan fingerprint density at radius 1 is 1.26 bits per heavy atom. The molecule has 0 spiro atoms. The van der Waals surface area contributed by atoms with Crippen molar-refractivity contribution in [1.82, 2.24) is 9.88 Å². The van der Waals surface area contributed by atoms with Gasteiger partial charge in [0.15, 0.2) is 0 Å². The van der Waals surface area contributed by atoms with Crippen molar-refractivity contribution >= 4 is 35.1 Å². The molecule has 2 aliphatic rings. The first kappa shape index (κ1) is 19.7. The van der Waals surface area contributed by atoms with Crippen molar-refractivity contribution in [3.63, 3.8) is 0 Å². The number of nitrogens with zero attached hydrogens (tertiary/aromatic N) is 4. The molecule has 0 radical (unpaired) electrons. The van der Waals surface area contributed by atoms with Gasteiger partial charge in [0.25, 0.3) is 0 Å². The fraction of sp³-hybridized carbons (Fsp3) is 0.632. The molecule has 2 fully saturated rings. The second kappa shape index (κ2) is 7.92. The highest BCUT2D eigenvalue weighted by atomic mass is 35.5. The topological polar surface area (TPSA) is 66.0 Å². The molecule has 2 saturated heterocycles. The molecule has 1 aromatic heterocycles. The van der Waals surface area contributed by atoms with Gasteiger partial charge in [-0.1, -0.05) is 0 Å². The molecular formula is C19H27ClN4O3. The average Bonchev–Trinajstić information content (AvgIpc) is 3.01. The van der Waals surface area contributed by atoms with E-state index in [1.165, 1.54) is 0 Å². The van der Waals surface area contributed by atoms with E-state index in [9.17, 15) is 9.59 Å². The quantitative estimate of drug-likeness (QED) is 0.737. The van der Waals surface area contributed by atoms with Gasteiger partial charge < -0.3 is 19.4 Å². The summed E-state index contributed by atoms with van der Waals surface area (Å²) in [6, 6.07) is 3.86. The van der Waals surface area contributed by atoms with Gasteiger partial charge in [0, 0.05) is 45.0 Å². The van der Waals surface area contributed by atoms with E-state index in [-0.39, 0.29) is 17.9 Å². The summed E-state index contributed by atoms with van der Waals surface area (Å²) in [6.45, 7) is 8.84. The Morgan fingerprint density at radius 2 is 1.96 bits per heavy atom. The second-order valence-corrected chi connectivity index (χ2v) is 8.37. The maximum Gasteiger partial charge on any atom is 0.410 e. The number of amides is 2. The van der Waals surface area contributed by atoms with E-state index in [0.717, 1.165) is 11.5 Å². The number of anilines is 2. The third kappa shape index (κ3) is 4.83. The molecule has 3 rings (SSSR count). The van der Waals surface area contributed by atoms with E-state index in [0.29, 0.717) is 45.0 Å². The van der Waals surface area contributed by atoms with Gasteiger partial charge in [0.05, 0.1) is 11.9 Å². The Kier molecular flexibility index (Phi) is 5.79. The Labute approximate surface area is 165 Å². The molecule has 0 saturated carbocycles. The molecule has 8 heteroatoms. The molecule has 0 bridgehead atoms. The van der Waals surface area contributed by atoms with Crippen LogP contribution in [0.1, 0.15) is 27.2 Å². The van der Waals surface area contributed by atoms with E-state index < -0.39 is 5.60 Å². The molecule has 3 heterocycles. The number of hydrogen-bond donors (Lipinski definition) is 0. The van der Waals surface area contributed by atoms with Crippen molar-refractivity contribution in [2.24, 2.45) is 5.92 Å². The predicted octanol–water partition coefficient (Wildman–Crippen LogP) is 2.73. The van der Waals surface area contributed by atoms with Gasteiger partial charge >= 0.3 is 6.09 Å². The van der Waals surface area contributed by atoms with Gasteiger partial charge in [-0.15, -0.1) is 11.6 Å². The summed E-state index contributed by atoms with van der Waals surface area (Å²) in [7, 11) is 0. The third-order valence-electron chi connectivity index (χ3n) is 4.72. The van der Waals surface area contributed by atoms with E-state index in [4.69, 9.17) is 16.3 Å². The largest absolute Gasteiger partial charge is 0.444 e. The van der Waals surface area contributed by atoms with Crippen LogP contribution in [0.15, 0.2) is 18.3 Å². The molecular weight excluding hydrogens is 368 g/mol. The lowest BCUT2D eigenvalue weighted by molar-refractivity contribution is -0.117. The van der Waals surface area contributed by atoms with Crippen LogP contribution in [0.5, 0.6) is 0 Å². The zero-order valence-electron chi connectivity index (χ0n) is 16.2. The van der Waals surface area contributed by atoms with Crippen LogP contribution in [0.25, 0.3) is 0 Å². The minimum Gasteiger partial charge on any atom is -0.444 e. The predicted molar refractivity (Wildman–Crippen MR) is 105 cm³/mol. The summed E-state index contributed by atoms with van der Waals surface area (Å²) in [4.78, 5) is 34.4. The fourth-order valence-electron chi connectivity index (χ4n) is 3.30. The highest BCUT2D eigenvalue weighted by molar-refractivity contribution is 6.18. The van der Waals surface area contributed by atoms with Gasteiger partial charge in [0.2, 0.25) is 5.91 Å². The Hall–Kier alpha value is -2.02. The summed E-state index contributed by atoms with van der Waals surface area (Å²) in [5.41, 5.74) is 0.324. The molecule has 0 N–H and O–H groups in total. The number of pyridine rings is 1. The third-order valence-corrected chi connectivity index (χ3v) is 5.16. The number of piperazine rings is 1. The van der Waals surface area contributed by atoms with Crippen LogP contribution in [-0.2, 0) is 9.53 Å². The van der Waals surface area contributed by atoms with E-state index in [1.54, 1.807) is 16.0 Å². The van der Waals surface area contributed by atoms with Crippen LogP contribution in [0.3, 0.4) is 0 Å². The molecule has 148 valence electrons. The zero-order chi connectivity index (χ0) is 19.6. The van der Waals surface area contributed by atoms with E-state index >= 15 is 0 Å². The highest BCUT2D eigenvalue weighted by Gasteiger charge is 2.30. The summed E-state index contributed by atoms with van der Waals surface area (Å²) < 4.78 is 5.42. The summed E-state index contributed by atoms with van der Waals surface area (Å²) in [5.74, 6) is 1.65. The Bertz CT molecular complexity index is 681. The molecule has 1 atom stereocenters. The van der Waals surface area contributed by atoms with Crippen LogP contribution in [0.4, 0.5) is 16.3 Å². The summed E-state index contributed by atoms with van der Waals surface area (Å²) >= 11 is 5.88. The first-order valence-corrected chi connectivity index (χ1v) is 9.85. The number of carbonyl (C=O) groups excluding carboxylic acids is 2. The van der Waals surface area contributed by atoms with Crippen molar-refractivity contribution in [2.75, 3.05) is 48.4 Å². The zero-order valence-corrected chi connectivity index (χ0v) is 16.9. The van der Waals surface area contributed by atoms with Gasteiger partial charge in [-0.3, -0.25) is 4.79 Å². The van der Waals surface area contributed by atoms with E-state index in [1.807, 2.05) is 32.9 Å². The van der Waals surface area contributed by atoms with Gasteiger partial charge in [-0.05, 0) is 38.8 Å². The molecule has 2 aliphatic heterocycles. The van der Waals surface area contributed by atoms with Gasteiger partial charge in [-0.25, -0.2) is 9.78 Å². The molecule has 27 heavy (non-hydrogen) atoms. The molecule has 0 aromatic carbocycles. The monoisotopic (exact) mass is 394 g/mol. The molecule has 7 nitrogen and oxygen atoms in total. The SMILES string of the molecule is CC(C)(C)OC(=O)N1CCN(c2ccc(N3CC(CCl)CC3=O)cn2)CC1. The Morgan fingerprint density at radius 3 is 2.48 bits per heavy atom. The average molecular weight is 395 g/mol. The molecule has 2 amide bonds. The number of ether oxygens (including phenoxy) is 1. The lowest BCUT2D eigenvalue weighted by Gasteiger charge is -2.36. The van der Waals surface area contributed by atoms with E-state index in [2.05, 4.69) is 9.88 Å². The first-order chi connectivity index (χ1) is 12.8. The first-order valence-electron chi connectivity index (χ1n) is 9.32. The van der Waals surface area contributed by atoms with Crippen LogP contribution in [-0.4, -0.2) is 66.1 Å². The van der Waals surface area contributed by atoms with Crippen molar-refractivity contribution in [2.45, 2.75) is 32.8 Å². The Balaban J connectivity index is 1.56. The number of alkyl halides is 1. The summed E-state index contributed by atoms with van der Waals surface area (Å²) in [5, 5.41) is 0. The van der Waals surface area contributed by atoms with Crippen molar-refractivity contribution < 1.29 is 14.3 Å². The van der Waals surface area contributed by atoms with Crippen molar-refractivity contribution in [3.8, 4) is 0 Å². The highest BCUT2D eigenvalue weighted by Crippen LogP contribution is 2.26. The fourth-order valence-corrected chi connectivity index (χ4v) is 3.51. The van der Waals surface area contributed by atoms with Crippen molar-refractivity contribution in [1.29, 1.82) is 0 Å². The van der Waals surface area contributed by atoms with Gasteiger partial charge in [-0.2, -0.15) is 0 Å². The molecule has 0 aliphatic carbocycles. The smallest absolute Gasteiger partial charge is 0.410 e. The van der Waals surface area contributed by atoms with Crippen LogP contribution in [0, 0.1) is 5.92 Å². The minimum absolute atomic E-state index is 0.0983. The maximum atomic E-state index is 12.2. The lowest BCUT2D eigenvalue weighted by atomic mass is 10.1. The standard InChI is InChI=1S/C19H27ClN4O3/c1-19(2,3)27-18(26)23-8-6-22(7-9-23)16-5-4-15(12-21-16)24-13-14(11-20)10-17(24)25/h4-5,12,14H,6-11,13H2,1-3H3. The second-order valence-electron chi connectivity index (χ2n) is 8.06. The van der Waals surface area contributed by atoms with Crippen LogP contribution in [0.2, 0.25) is 0 Å². The summed E-state index contributed by atoms with van der Waals surface area (Å²) in [6.07, 6.45) is 1.97. The number of carbonyl (C=O) groups is 2. The molecule has 1 aromatic rings.